The summed E-state index contributed by atoms with van der Waals surface area (Å²) in [5, 5.41) is 5.61. The first-order chi connectivity index (χ1) is 9.45. The van der Waals surface area contributed by atoms with Crippen molar-refractivity contribution in [1.29, 1.82) is 0 Å². The molecule has 0 fully saturated rings. The second-order valence-electron chi connectivity index (χ2n) is 5.36. The summed E-state index contributed by atoms with van der Waals surface area (Å²) in [5.74, 6) is 0.554. The maximum Gasteiger partial charge on any atom is 0.323 e. The van der Waals surface area contributed by atoms with E-state index in [0.717, 1.165) is 17.5 Å². The molecule has 1 aromatic carbocycles. The fourth-order valence-corrected chi connectivity index (χ4v) is 1.97. The Balaban J connectivity index is 2.07. The zero-order valence-electron chi connectivity index (χ0n) is 12.0. The van der Waals surface area contributed by atoms with Gasteiger partial charge in [0.15, 0.2) is 0 Å². The van der Waals surface area contributed by atoms with Gasteiger partial charge in [0.1, 0.15) is 0 Å². The molecule has 20 heavy (non-hydrogen) atoms. The van der Waals surface area contributed by atoms with Crippen LogP contribution in [0.5, 0.6) is 0 Å². The van der Waals surface area contributed by atoms with Crippen LogP contribution in [0.3, 0.4) is 0 Å². The van der Waals surface area contributed by atoms with E-state index in [-0.39, 0.29) is 11.7 Å². The summed E-state index contributed by atoms with van der Waals surface area (Å²) < 4.78 is 0. The Hall–Kier alpha value is -2.24. The van der Waals surface area contributed by atoms with E-state index in [1.54, 1.807) is 6.07 Å². The maximum absolute atomic E-state index is 11.8. The summed E-state index contributed by atoms with van der Waals surface area (Å²) in [6.45, 7) is 6.75. The predicted octanol–water partition coefficient (Wildman–Crippen LogP) is 2.33. The van der Waals surface area contributed by atoms with Crippen LogP contribution < -0.4 is 16.3 Å². The molecule has 0 unspecified atom stereocenters. The first kappa shape index (κ1) is 14.2. The number of fused-ring (bicyclic) bond motifs is 1. The molecule has 1 heterocycles. The SMILES string of the molecule is Cc1cc2[nH]c(=O)[nH]c2cc1NC(=O)NCCC(C)C. The average molecular weight is 276 g/mol. The molecule has 0 bridgehead atoms. The molecule has 0 radical (unpaired) electrons. The number of hydrogen-bond donors (Lipinski definition) is 4. The van der Waals surface area contributed by atoms with Gasteiger partial charge >= 0.3 is 11.7 Å². The van der Waals surface area contributed by atoms with E-state index in [0.29, 0.717) is 23.7 Å². The van der Waals surface area contributed by atoms with E-state index < -0.39 is 0 Å². The number of aromatic nitrogens is 2. The molecule has 2 amide bonds. The largest absolute Gasteiger partial charge is 0.338 e. The second kappa shape index (κ2) is 5.81. The third-order valence-corrected chi connectivity index (χ3v) is 3.12. The van der Waals surface area contributed by atoms with Crippen molar-refractivity contribution in [2.24, 2.45) is 5.92 Å². The predicted molar refractivity (Wildman–Crippen MR) is 80.1 cm³/mol. The van der Waals surface area contributed by atoms with E-state index in [1.807, 2.05) is 13.0 Å². The van der Waals surface area contributed by atoms with Crippen LogP contribution in [0.2, 0.25) is 0 Å². The molecular weight excluding hydrogens is 256 g/mol. The molecule has 0 saturated heterocycles. The molecule has 0 aliphatic heterocycles. The van der Waals surface area contributed by atoms with Gasteiger partial charge in [-0.1, -0.05) is 13.8 Å². The molecule has 2 aromatic rings. The third-order valence-electron chi connectivity index (χ3n) is 3.12. The number of hydrogen-bond acceptors (Lipinski definition) is 2. The Morgan fingerprint density at radius 3 is 2.55 bits per heavy atom. The van der Waals surface area contributed by atoms with Crippen molar-refractivity contribution in [2.75, 3.05) is 11.9 Å². The molecule has 0 aliphatic rings. The lowest BCUT2D eigenvalue weighted by Crippen LogP contribution is -2.30. The highest BCUT2D eigenvalue weighted by atomic mass is 16.2. The number of aryl methyl sites for hydroxylation is 1. The highest BCUT2D eigenvalue weighted by molar-refractivity contribution is 5.93. The number of aromatic amines is 2. The normalized spacial score (nSPS) is 11.0. The Morgan fingerprint density at radius 1 is 1.25 bits per heavy atom. The van der Waals surface area contributed by atoms with E-state index in [9.17, 15) is 9.59 Å². The fraction of sp³-hybridized carbons (Fsp3) is 0.429. The van der Waals surface area contributed by atoms with Crippen molar-refractivity contribution >= 4 is 22.8 Å². The van der Waals surface area contributed by atoms with Crippen LogP contribution in [-0.4, -0.2) is 22.5 Å². The number of rotatable bonds is 4. The van der Waals surface area contributed by atoms with Crippen molar-refractivity contribution in [3.63, 3.8) is 0 Å². The van der Waals surface area contributed by atoms with Crippen LogP contribution in [0.25, 0.3) is 11.0 Å². The monoisotopic (exact) mass is 276 g/mol. The Morgan fingerprint density at radius 2 is 1.90 bits per heavy atom. The number of imidazole rings is 1. The molecule has 108 valence electrons. The van der Waals surface area contributed by atoms with Gasteiger partial charge in [-0.2, -0.15) is 0 Å². The van der Waals surface area contributed by atoms with Crippen molar-refractivity contribution in [2.45, 2.75) is 27.2 Å². The van der Waals surface area contributed by atoms with E-state index >= 15 is 0 Å². The maximum atomic E-state index is 11.8. The van der Waals surface area contributed by atoms with Crippen molar-refractivity contribution in [3.8, 4) is 0 Å². The molecular formula is C14H20N4O2. The lowest BCUT2D eigenvalue weighted by atomic mass is 10.1. The summed E-state index contributed by atoms with van der Waals surface area (Å²) in [4.78, 5) is 28.4. The molecule has 1 aromatic heterocycles. The van der Waals surface area contributed by atoms with Gasteiger partial charge in [-0.05, 0) is 37.0 Å². The van der Waals surface area contributed by atoms with E-state index in [2.05, 4.69) is 34.4 Å². The first-order valence-electron chi connectivity index (χ1n) is 6.73. The number of benzene rings is 1. The van der Waals surface area contributed by atoms with Crippen molar-refractivity contribution < 1.29 is 4.79 Å². The van der Waals surface area contributed by atoms with Crippen LogP contribution in [-0.2, 0) is 0 Å². The summed E-state index contributed by atoms with van der Waals surface area (Å²) in [6.07, 6.45) is 0.941. The standard InChI is InChI=1S/C14H20N4O2/c1-8(2)4-5-15-13(19)16-10-7-12-11(6-9(10)3)17-14(20)18-12/h6-8H,4-5H2,1-3H3,(H2,15,16,19)(H2,17,18,20). The topological polar surface area (TPSA) is 89.8 Å². The quantitative estimate of drug-likeness (QED) is 0.690. The van der Waals surface area contributed by atoms with Gasteiger partial charge < -0.3 is 20.6 Å². The summed E-state index contributed by atoms with van der Waals surface area (Å²) >= 11 is 0. The van der Waals surface area contributed by atoms with Gasteiger partial charge in [0.2, 0.25) is 0 Å². The zero-order chi connectivity index (χ0) is 14.7. The Labute approximate surface area is 117 Å². The van der Waals surface area contributed by atoms with E-state index in [4.69, 9.17) is 0 Å². The highest BCUT2D eigenvalue weighted by Gasteiger charge is 2.07. The van der Waals surface area contributed by atoms with Gasteiger partial charge in [-0.15, -0.1) is 0 Å². The highest BCUT2D eigenvalue weighted by Crippen LogP contribution is 2.20. The van der Waals surface area contributed by atoms with Gasteiger partial charge in [0, 0.05) is 12.2 Å². The Bertz CT molecular complexity index is 669. The molecule has 4 N–H and O–H groups in total. The zero-order valence-corrected chi connectivity index (χ0v) is 12.0. The molecule has 6 heteroatoms. The number of anilines is 1. The van der Waals surface area contributed by atoms with E-state index in [1.165, 1.54) is 0 Å². The van der Waals surface area contributed by atoms with Gasteiger partial charge in [0.25, 0.3) is 0 Å². The molecule has 0 aliphatic carbocycles. The summed E-state index contributed by atoms with van der Waals surface area (Å²) in [6, 6.07) is 3.35. The minimum Gasteiger partial charge on any atom is -0.338 e. The van der Waals surface area contributed by atoms with Crippen molar-refractivity contribution in [3.05, 3.63) is 28.2 Å². The van der Waals surface area contributed by atoms with Crippen LogP contribution in [0, 0.1) is 12.8 Å². The lowest BCUT2D eigenvalue weighted by Gasteiger charge is -2.11. The fourth-order valence-electron chi connectivity index (χ4n) is 1.97. The number of H-pyrrole nitrogens is 2. The molecule has 6 nitrogen and oxygen atoms in total. The number of carbonyl (C=O) groups is 1. The van der Waals surface area contributed by atoms with Gasteiger partial charge in [-0.3, -0.25) is 0 Å². The number of urea groups is 1. The van der Waals surface area contributed by atoms with Gasteiger partial charge in [-0.25, -0.2) is 9.59 Å². The average Bonchev–Trinajstić information content (AvgIpc) is 2.68. The third kappa shape index (κ3) is 3.40. The molecule has 0 spiro atoms. The molecule has 2 rings (SSSR count). The minimum atomic E-state index is -0.252. The first-order valence-corrected chi connectivity index (χ1v) is 6.73. The molecule has 0 saturated carbocycles. The molecule has 0 atom stereocenters. The van der Waals surface area contributed by atoms with Gasteiger partial charge in [0.05, 0.1) is 11.0 Å². The Kier molecular flexibility index (Phi) is 4.12. The smallest absolute Gasteiger partial charge is 0.323 e. The number of amides is 2. The van der Waals surface area contributed by atoms with Crippen LogP contribution >= 0.6 is 0 Å². The van der Waals surface area contributed by atoms with Crippen LogP contribution in [0.15, 0.2) is 16.9 Å². The van der Waals surface area contributed by atoms with Crippen LogP contribution in [0.1, 0.15) is 25.8 Å². The minimum absolute atomic E-state index is 0.231. The number of nitrogens with one attached hydrogen (secondary N) is 4. The number of carbonyl (C=O) groups excluding carboxylic acids is 1. The lowest BCUT2D eigenvalue weighted by molar-refractivity contribution is 0.251. The second-order valence-corrected chi connectivity index (χ2v) is 5.36. The summed E-state index contributed by atoms with van der Waals surface area (Å²) in [7, 11) is 0. The van der Waals surface area contributed by atoms with Crippen molar-refractivity contribution in [1.82, 2.24) is 15.3 Å². The summed E-state index contributed by atoms with van der Waals surface area (Å²) in [5.41, 5.74) is 2.75. The van der Waals surface area contributed by atoms with Crippen LogP contribution in [0.4, 0.5) is 10.5 Å².